The second-order valence-corrected chi connectivity index (χ2v) is 2.92. The molecule has 1 fully saturated rings. The van der Waals surface area contributed by atoms with E-state index in [1.807, 2.05) is 0 Å². The summed E-state index contributed by atoms with van der Waals surface area (Å²) < 4.78 is 0. The van der Waals surface area contributed by atoms with Gasteiger partial charge in [-0.05, 0) is 0 Å². The zero-order valence-electron chi connectivity index (χ0n) is 6.68. The van der Waals surface area contributed by atoms with E-state index in [4.69, 9.17) is 0 Å². The maximum Gasteiger partial charge on any atom is 0.190 e. The molecule has 1 rings (SSSR count). The van der Waals surface area contributed by atoms with Gasteiger partial charge in [0.1, 0.15) is 12.2 Å². The summed E-state index contributed by atoms with van der Waals surface area (Å²) in [5, 5.41) is 18.6. The Kier molecular flexibility index (Phi) is 2.45. The Morgan fingerprint density at radius 1 is 1.08 bits per heavy atom. The number of carbonyl (C=O) groups is 1. The molecule has 0 saturated heterocycles. The Hall–Kier alpha value is -0.930. The molecule has 1 aliphatic carbocycles. The van der Waals surface area contributed by atoms with Crippen LogP contribution in [-0.4, -0.2) is 28.2 Å². The minimum absolute atomic E-state index is 0.398. The second-order valence-electron chi connectivity index (χ2n) is 2.92. The summed E-state index contributed by atoms with van der Waals surface area (Å²) in [5.74, 6) is -1.33. The van der Waals surface area contributed by atoms with E-state index in [1.54, 1.807) is 0 Å². The van der Waals surface area contributed by atoms with Crippen molar-refractivity contribution in [2.75, 3.05) is 0 Å². The lowest BCUT2D eigenvalue weighted by molar-refractivity contribution is -0.131. The molecule has 4 unspecified atom stereocenters. The summed E-state index contributed by atoms with van der Waals surface area (Å²) in [6.07, 6.45) is 0.706. The van der Waals surface area contributed by atoms with Crippen molar-refractivity contribution in [1.29, 1.82) is 0 Å². The number of rotatable bonds is 2. The molecule has 0 aromatic rings. The summed E-state index contributed by atoms with van der Waals surface area (Å²) in [6, 6.07) is 0. The lowest BCUT2D eigenvalue weighted by atomic mass is 9.94. The van der Waals surface area contributed by atoms with Crippen molar-refractivity contribution in [2.45, 2.75) is 12.2 Å². The number of ketones is 1. The molecule has 0 aromatic heterocycles. The van der Waals surface area contributed by atoms with Crippen LogP contribution in [0.3, 0.4) is 0 Å². The molecule has 3 heteroatoms. The van der Waals surface area contributed by atoms with Crippen molar-refractivity contribution < 1.29 is 15.0 Å². The van der Waals surface area contributed by atoms with Crippen LogP contribution in [0.2, 0.25) is 0 Å². The molecule has 4 atom stereocenters. The molecule has 1 aliphatic rings. The molecule has 66 valence electrons. The monoisotopic (exact) mass is 168 g/mol. The van der Waals surface area contributed by atoms with E-state index in [9.17, 15) is 15.0 Å². The van der Waals surface area contributed by atoms with Crippen LogP contribution >= 0.6 is 0 Å². The summed E-state index contributed by atoms with van der Waals surface area (Å²) in [7, 11) is 0. The highest BCUT2D eigenvalue weighted by Crippen LogP contribution is 2.31. The van der Waals surface area contributed by atoms with Gasteiger partial charge in [-0.1, -0.05) is 12.2 Å². The van der Waals surface area contributed by atoms with Crippen LogP contribution in [-0.2, 0) is 4.79 Å². The van der Waals surface area contributed by atoms with Crippen molar-refractivity contribution in [3.05, 3.63) is 25.3 Å². The Morgan fingerprint density at radius 3 is 1.67 bits per heavy atom. The average Bonchev–Trinajstić information content (AvgIpc) is 2.29. The van der Waals surface area contributed by atoms with Crippen LogP contribution in [0.5, 0.6) is 0 Å². The molecule has 0 aliphatic heterocycles. The van der Waals surface area contributed by atoms with E-state index >= 15 is 0 Å². The summed E-state index contributed by atoms with van der Waals surface area (Å²) >= 11 is 0. The summed E-state index contributed by atoms with van der Waals surface area (Å²) in [6.45, 7) is 6.98. The molecule has 0 radical (unpaired) electrons. The molecular formula is C9H12O3. The predicted molar refractivity (Wildman–Crippen MR) is 44.4 cm³/mol. The Labute approximate surface area is 71.0 Å². The fraction of sp³-hybridized carbons (Fsp3) is 0.444. The third kappa shape index (κ3) is 1.11. The molecule has 0 bridgehead atoms. The topological polar surface area (TPSA) is 57.5 Å². The van der Waals surface area contributed by atoms with Crippen LogP contribution in [0.1, 0.15) is 0 Å². The van der Waals surface area contributed by atoms with Crippen LogP contribution in [0.25, 0.3) is 0 Å². The fourth-order valence-corrected chi connectivity index (χ4v) is 1.55. The van der Waals surface area contributed by atoms with Crippen molar-refractivity contribution in [3.8, 4) is 0 Å². The van der Waals surface area contributed by atoms with Gasteiger partial charge in [0.2, 0.25) is 0 Å². The Morgan fingerprint density at radius 2 is 1.42 bits per heavy atom. The Balaban J connectivity index is 2.93. The molecule has 0 aromatic carbocycles. The third-order valence-corrected chi connectivity index (χ3v) is 2.30. The first kappa shape index (κ1) is 9.16. The maximum absolute atomic E-state index is 11.0. The lowest BCUT2D eigenvalue weighted by Gasteiger charge is -2.13. The normalized spacial score (nSPS) is 41.3. The maximum atomic E-state index is 11.0. The van der Waals surface area contributed by atoms with Gasteiger partial charge in [-0.3, -0.25) is 4.79 Å². The fourth-order valence-electron chi connectivity index (χ4n) is 1.55. The molecule has 3 nitrogen and oxygen atoms in total. The van der Waals surface area contributed by atoms with Crippen molar-refractivity contribution in [2.24, 2.45) is 11.8 Å². The standard InChI is InChI=1S/C9H12O3/c1-3-5-6(4-2)8(11)9(12)7(5)10/h3-8,10-11H,1-2H2. The van der Waals surface area contributed by atoms with Crippen LogP contribution in [0.15, 0.2) is 25.3 Å². The van der Waals surface area contributed by atoms with E-state index in [-0.39, 0.29) is 0 Å². The van der Waals surface area contributed by atoms with E-state index in [0.717, 1.165) is 0 Å². The first-order valence-corrected chi connectivity index (χ1v) is 3.78. The van der Waals surface area contributed by atoms with Gasteiger partial charge in [0.05, 0.1) is 0 Å². The van der Waals surface area contributed by atoms with E-state index < -0.39 is 29.8 Å². The van der Waals surface area contributed by atoms with Gasteiger partial charge < -0.3 is 10.2 Å². The largest absolute Gasteiger partial charge is 0.385 e. The van der Waals surface area contributed by atoms with Crippen LogP contribution in [0, 0.1) is 11.8 Å². The van der Waals surface area contributed by atoms with Gasteiger partial charge in [-0.15, -0.1) is 13.2 Å². The van der Waals surface area contributed by atoms with Gasteiger partial charge in [-0.25, -0.2) is 0 Å². The minimum atomic E-state index is -1.12. The molecular weight excluding hydrogens is 156 g/mol. The zero-order chi connectivity index (χ0) is 9.30. The minimum Gasteiger partial charge on any atom is -0.385 e. The number of carbonyl (C=O) groups excluding carboxylic acids is 1. The molecule has 1 saturated carbocycles. The third-order valence-electron chi connectivity index (χ3n) is 2.30. The number of aliphatic hydroxyl groups is 2. The van der Waals surface area contributed by atoms with E-state index in [1.165, 1.54) is 12.2 Å². The highest BCUT2D eigenvalue weighted by atomic mass is 16.3. The van der Waals surface area contributed by atoms with Gasteiger partial charge >= 0.3 is 0 Å². The first-order chi connectivity index (χ1) is 5.63. The highest BCUT2D eigenvalue weighted by molar-refractivity contribution is 5.90. The summed E-state index contributed by atoms with van der Waals surface area (Å²) in [5.41, 5.74) is 0. The van der Waals surface area contributed by atoms with Crippen molar-refractivity contribution in [3.63, 3.8) is 0 Å². The number of Topliss-reactive ketones (excluding diaryl/α,β-unsaturated/α-hetero) is 1. The molecule has 0 amide bonds. The SMILES string of the molecule is C=CC1C(O)C(=O)C(O)C1C=C. The van der Waals surface area contributed by atoms with Gasteiger partial charge in [0.25, 0.3) is 0 Å². The molecule has 12 heavy (non-hydrogen) atoms. The smallest absolute Gasteiger partial charge is 0.190 e. The zero-order valence-corrected chi connectivity index (χ0v) is 6.68. The second kappa shape index (κ2) is 3.21. The number of aliphatic hydroxyl groups excluding tert-OH is 2. The molecule has 2 N–H and O–H groups in total. The number of hydrogen-bond donors (Lipinski definition) is 2. The quantitative estimate of drug-likeness (QED) is 0.566. The summed E-state index contributed by atoms with van der Waals surface area (Å²) in [4.78, 5) is 11.0. The Bertz CT molecular complexity index is 200. The van der Waals surface area contributed by atoms with E-state index in [2.05, 4.69) is 13.2 Å². The lowest BCUT2D eigenvalue weighted by Crippen LogP contribution is -2.24. The van der Waals surface area contributed by atoms with Gasteiger partial charge in [0, 0.05) is 11.8 Å². The van der Waals surface area contributed by atoms with Crippen LogP contribution in [0.4, 0.5) is 0 Å². The van der Waals surface area contributed by atoms with Crippen molar-refractivity contribution in [1.82, 2.24) is 0 Å². The predicted octanol–water partition coefficient (Wildman–Crippen LogP) is -0.105. The molecule has 0 spiro atoms. The van der Waals surface area contributed by atoms with E-state index in [0.29, 0.717) is 0 Å². The first-order valence-electron chi connectivity index (χ1n) is 3.78. The molecule has 0 heterocycles. The van der Waals surface area contributed by atoms with Gasteiger partial charge in [-0.2, -0.15) is 0 Å². The number of hydrogen-bond acceptors (Lipinski definition) is 3. The average molecular weight is 168 g/mol. The van der Waals surface area contributed by atoms with Crippen molar-refractivity contribution >= 4 is 5.78 Å². The van der Waals surface area contributed by atoms with Gasteiger partial charge in [0.15, 0.2) is 5.78 Å². The highest BCUT2D eigenvalue weighted by Gasteiger charge is 2.45. The van der Waals surface area contributed by atoms with Crippen LogP contribution < -0.4 is 0 Å².